The van der Waals surface area contributed by atoms with Crippen LogP contribution in [-0.2, 0) is 13.0 Å². The van der Waals surface area contributed by atoms with Crippen molar-refractivity contribution < 1.29 is 0 Å². The Hall–Kier alpha value is -1.32. The fraction of sp³-hybridized carbons (Fsp3) is 0.412. The molecular weight excluding hydrogens is 264 g/mol. The summed E-state index contributed by atoms with van der Waals surface area (Å²) >= 11 is 1.78. The molecule has 0 bridgehead atoms. The summed E-state index contributed by atoms with van der Waals surface area (Å²) in [6.45, 7) is 3.90. The highest BCUT2D eigenvalue weighted by Crippen LogP contribution is 2.35. The minimum absolute atomic E-state index is 0.716. The lowest BCUT2D eigenvalue weighted by Crippen LogP contribution is -2.26. The lowest BCUT2D eigenvalue weighted by Gasteiger charge is -2.27. The molecule has 0 saturated heterocycles. The summed E-state index contributed by atoms with van der Waals surface area (Å²) < 4.78 is 0. The van der Waals surface area contributed by atoms with Gasteiger partial charge in [0.25, 0.3) is 0 Å². The Balaban J connectivity index is 1.90. The van der Waals surface area contributed by atoms with E-state index in [0.717, 1.165) is 13.0 Å². The molecule has 1 aromatic carbocycles. The van der Waals surface area contributed by atoms with Crippen molar-refractivity contribution in [3.8, 4) is 0 Å². The van der Waals surface area contributed by atoms with Crippen LogP contribution in [0, 0.1) is 6.92 Å². The van der Waals surface area contributed by atoms with Crippen molar-refractivity contribution >= 4 is 17.0 Å². The number of nitrogens with two attached hydrogens (primary N) is 1. The standard InChI is InChI=1S/C17H22N2S/c1-13-2-5-17(15(10-13)6-8-18)19(16-3-4-16)11-14-7-9-20-12-14/h2,5,7,9-10,12,16H,3-4,6,8,11,18H2,1H3. The normalized spacial score (nSPS) is 14.5. The van der Waals surface area contributed by atoms with Crippen LogP contribution < -0.4 is 10.6 Å². The number of hydrogen-bond acceptors (Lipinski definition) is 3. The van der Waals surface area contributed by atoms with Crippen molar-refractivity contribution in [1.82, 2.24) is 0 Å². The van der Waals surface area contributed by atoms with Gasteiger partial charge in [0, 0.05) is 18.3 Å². The van der Waals surface area contributed by atoms with Crippen molar-refractivity contribution in [2.24, 2.45) is 5.73 Å². The number of rotatable bonds is 6. The highest BCUT2D eigenvalue weighted by molar-refractivity contribution is 7.07. The molecule has 20 heavy (non-hydrogen) atoms. The number of aryl methyl sites for hydroxylation is 1. The molecule has 2 aromatic rings. The Kier molecular flexibility index (Phi) is 4.08. The molecule has 106 valence electrons. The van der Waals surface area contributed by atoms with Gasteiger partial charge < -0.3 is 10.6 Å². The number of anilines is 1. The van der Waals surface area contributed by atoms with Gasteiger partial charge in [-0.1, -0.05) is 17.7 Å². The summed E-state index contributed by atoms with van der Waals surface area (Å²) in [7, 11) is 0. The van der Waals surface area contributed by atoms with Crippen LogP contribution in [0.25, 0.3) is 0 Å². The maximum Gasteiger partial charge on any atom is 0.0440 e. The monoisotopic (exact) mass is 286 g/mol. The van der Waals surface area contributed by atoms with Gasteiger partial charge in [0.05, 0.1) is 0 Å². The van der Waals surface area contributed by atoms with Gasteiger partial charge in [-0.05, 0) is 66.8 Å². The first-order chi connectivity index (χ1) is 9.78. The van der Waals surface area contributed by atoms with Crippen LogP contribution in [0.15, 0.2) is 35.0 Å². The lowest BCUT2D eigenvalue weighted by molar-refractivity contribution is 0.785. The zero-order valence-corrected chi connectivity index (χ0v) is 12.8. The van der Waals surface area contributed by atoms with Crippen LogP contribution in [0.2, 0.25) is 0 Å². The quantitative estimate of drug-likeness (QED) is 0.877. The largest absolute Gasteiger partial charge is 0.364 e. The van der Waals surface area contributed by atoms with E-state index in [0.29, 0.717) is 12.6 Å². The summed E-state index contributed by atoms with van der Waals surface area (Å²) in [5, 5.41) is 4.42. The Morgan fingerprint density at radius 2 is 2.15 bits per heavy atom. The molecule has 1 heterocycles. The third-order valence-electron chi connectivity index (χ3n) is 3.88. The van der Waals surface area contributed by atoms with Crippen LogP contribution in [0.3, 0.4) is 0 Å². The lowest BCUT2D eigenvalue weighted by atomic mass is 10.0. The summed E-state index contributed by atoms with van der Waals surface area (Å²) in [6, 6.07) is 9.75. The molecule has 0 aliphatic heterocycles. The first-order valence-electron chi connectivity index (χ1n) is 7.35. The molecule has 2 nitrogen and oxygen atoms in total. The number of thiophene rings is 1. The second-order valence-corrected chi connectivity index (χ2v) is 6.44. The van der Waals surface area contributed by atoms with Gasteiger partial charge in [0.1, 0.15) is 0 Å². The Morgan fingerprint density at radius 3 is 2.80 bits per heavy atom. The molecule has 1 aromatic heterocycles. The van der Waals surface area contributed by atoms with Gasteiger partial charge in [-0.25, -0.2) is 0 Å². The first kappa shape index (κ1) is 13.7. The maximum atomic E-state index is 5.79. The van der Waals surface area contributed by atoms with Crippen LogP contribution in [-0.4, -0.2) is 12.6 Å². The molecular formula is C17H22N2S. The fourth-order valence-corrected chi connectivity index (χ4v) is 3.39. The zero-order chi connectivity index (χ0) is 13.9. The highest BCUT2D eigenvalue weighted by atomic mass is 32.1. The van der Waals surface area contributed by atoms with E-state index in [4.69, 9.17) is 5.73 Å². The molecule has 0 atom stereocenters. The van der Waals surface area contributed by atoms with Crippen molar-refractivity contribution in [1.29, 1.82) is 0 Å². The Morgan fingerprint density at radius 1 is 1.30 bits per heavy atom. The van der Waals surface area contributed by atoms with E-state index in [1.54, 1.807) is 11.3 Å². The van der Waals surface area contributed by atoms with E-state index in [9.17, 15) is 0 Å². The third kappa shape index (κ3) is 3.05. The number of nitrogens with zero attached hydrogens (tertiary/aromatic N) is 1. The van der Waals surface area contributed by atoms with E-state index >= 15 is 0 Å². The van der Waals surface area contributed by atoms with E-state index in [1.807, 2.05) is 0 Å². The second-order valence-electron chi connectivity index (χ2n) is 5.66. The summed E-state index contributed by atoms with van der Waals surface area (Å²) in [4.78, 5) is 2.58. The van der Waals surface area contributed by atoms with E-state index in [2.05, 4.69) is 46.8 Å². The SMILES string of the molecule is Cc1ccc(N(Cc2ccsc2)C2CC2)c(CCN)c1. The van der Waals surface area contributed by atoms with Gasteiger partial charge in [0.2, 0.25) is 0 Å². The molecule has 1 saturated carbocycles. The molecule has 3 heteroatoms. The van der Waals surface area contributed by atoms with Crippen molar-refractivity contribution in [2.45, 2.75) is 38.8 Å². The number of benzene rings is 1. The topological polar surface area (TPSA) is 29.3 Å². The molecule has 0 amide bonds. The predicted molar refractivity (Wildman–Crippen MR) is 87.5 cm³/mol. The minimum atomic E-state index is 0.716. The van der Waals surface area contributed by atoms with Crippen LogP contribution in [0.5, 0.6) is 0 Å². The zero-order valence-electron chi connectivity index (χ0n) is 12.0. The first-order valence-corrected chi connectivity index (χ1v) is 8.29. The van der Waals surface area contributed by atoms with Crippen LogP contribution in [0.1, 0.15) is 29.5 Å². The summed E-state index contributed by atoms with van der Waals surface area (Å²) in [6.07, 6.45) is 3.60. The van der Waals surface area contributed by atoms with Crippen molar-refractivity contribution in [3.63, 3.8) is 0 Å². The van der Waals surface area contributed by atoms with E-state index in [1.165, 1.54) is 35.2 Å². The molecule has 0 unspecified atom stereocenters. The van der Waals surface area contributed by atoms with Crippen LogP contribution in [0.4, 0.5) is 5.69 Å². The van der Waals surface area contributed by atoms with Gasteiger partial charge in [-0.15, -0.1) is 0 Å². The number of hydrogen-bond donors (Lipinski definition) is 1. The average Bonchev–Trinajstić information content (AvgIpc) is 3.15. The summed E-state index contributed by atoms with van der Waals surface area (Å²) in [5.41, 5.74) is 11.3. The molecule has 1 aliphatic rings. The molecule has 1 fully saturated rings. The summed E-state index contributed by atoms with van der Waals surface area (Å²) in [5.74, 6) is 0. The smallest absolute Gasteiger partial charge is 0.0440 e. The highest BCUT2D eigenvalue weighted by Gasteiger charge is 2.30. The maximum absolute atomic E-state index is 5.79. The van der Waals surface area contributed by atoms with Crippen molar-refractivity contribution in [2.75, 3.05) is 11.4 Å². The van der Waals surface area contributed by atoms with Crippen LogP contribution >= 0.6 is 11.3 Å². The van der Waals surface area contributed by atoms with E-state index in [-0.39, 0.29) is 0 Å². The Bertz CT molecular complexity index is 558. The molecule has 0 radical (unpaired) electrons. The molecule has 1 aliphatic carbocycles. The Labute approximate surface area is 125 Å². The molecule has 0 spiro atoms. The molecule has 3 rings (SSSR count). The average molecular weight is 286 g/mol. The van der Waals surface area contributed by atoms with Gasteiger partial charge in [-0.2, -0.15) is 11.3 Å². The van der Waals surface area contributed by atoms with Gasteiger partial charge in [0.15, 0.2) is 0 Å². The minimum Gasteiger partial charge on any atom is -0.364 e. The predicted octanol–water partition coefficient (Wildman–Crippen LogP) is 3.73. The van der Waals surface area contributed by atoms with E-state index < -0.39 is 0 Å². The molecule has 2 N–H and O–H groups in total. The van der Waals surface area contributed by atoms with Gasteiger partial charge >= 0.3 is 0 Å². The second kappa shape index (κ2) is 5.98. The van der Waals surface area contributed by atoms with Gasteiger partial charge in [-0.3, -0.25) is 0 Å². The van der Waals surface area contributed by atoms with Crippen molar-refractivity contribution in [3.05, 3.63) is 51.7 Å². The fourth-order valence-electron chi connectivity index (χ4n) is 2.73. The third-order valence-corrected chi connectivity index (χ3v) is 4.61.